The molecule has 8 heteroatoms. The van der Waals surface area contributed by atoms with E-state index < -0.39 is 11.9 Å². The van der Waals surface area contributed by atoms with Crippen LogP contribution in [-0.4, -0.2) is 17.0 Å². The number of rotatable bonds is 4. The van der Waals surface area contributed by atoms with Gasteiger partial charge in [0.05, 0.1) is 0 Å². The molecule has 0 atom stereocenters. The molecule has 112 valence electrons. The molecule has 1 heterocycles. The van der Waals surface area contributed by atoms with Crippen LogP contribution in [0, 0.1) is 0 Å². The average Bonchev–Trinajstić information content (AvgIpc) is 2.45. The summed E-state index contributed by atoms with van der Waals surface area (Å²) in [6, 6.07) is 8.10. The third-order valence-electron chi connectivity index (χ3n) is 2.55. The Hall–Kier alpha value is -1.47. The van der Waals surface area contributed by atoms with Gasteiger partial charge in [0, 0.05) is 23.9 Å². The van der Waals surface area contributed by atoms with E-state index in [-0.39, 0.29) is 11.0 Å². The van der Waals surface area contributed by atoms with Crippen molar-refractivity contribution in [3.63, 3.8) is 0 Å². The first-order chi connectivity index (χ1) is 9.90. The smallest absolute Gasteiger partial charge is 0.357 e. The van der Waals surface area contributed by atoms with Crippen molar-refractivity contribution in [1.29, 1.82) is 0 Å². The molecular formula is C13H11ClF3N3S. The molecular weight excluding hydrogens is 323 g/mol. The molecule has 21 heavy (non-hydrogen) atoms. The number of anilines is 1. The predicted molar refractivity (Wildman–Crippen MR) is 77.6 cm³/mol. The van der Waals surface area contributed by atoms with Gasteiger partial charge in [-0.2, -0.15) is 13.2 Å². The van der Waals surface area contributed by atoms with Gasteiger partial charge >= 0.3 is 6.18 Å². The van der Waals surface area contributed by atoms with Gasteiger partial charge in [0.15, 0.2) is 5.69 Å². The Morgan fingerprint density at radius 1 is 1.24 bits per heavy atom. The molecule has 1 aromatic heterocycles. The van der Waals surface area contributed by atoms with Crippen LogP contribution in [0.5, 0.6) is 0 Å². The molecule has 0 amide bonds. The quantitative estimate of drug-likeness (QED) is 0.661. The summed E-state index contributed by atoms with van der Waals surface area (Å²) in [5, 5.41) is 3.34. The van der Waals surface area contributed by atoms with Gasteiger partial charge in [-0.15, -0.1) is 11.8 Å². The zero-order chi connectivity index (χ0) is 15.5. The highest BCUT2D eigenvalue weighted by Crippen LogP contribution is 2.32. The van der Waals surface area contributed by atoms with Gasteiger partial charge in [-0.25, -0.2) is 9.97 Å². The van der Waals surface area contributed by atoms with Crippen molar-refractivity contribution in [3.05, 3.63) is 46.6 Å². The van der Waals surface area contributed by atoms with Crippen molar-refractivity contribution < 1.29 is 13.2 Å². The van der Waals surface area contributed by atoms with Crippen molar-refractivity contribution in [1.82, 2.24) is 9.97 Å². The molecule has 0 radical (unpaired) electrons. The Morgan fingerprint density at radius 2 is 1.95 bits per heavy atom. The second-order valence-corrected chi connectivity index (χ2v) is 5.45. The number of nitrogens with zero attached hydrogens (tertiary/aromatic N) is 2. The molecule has 0 aliphatic heterocycles. The molecule has 0 unspecified atom stereocenters. The topological polar surface area (TPSA) is 37.8 Å². The first-order valence-electron chi connectivity index (χ1n) is 5.90. The summed E-state index contributed by atoms with van der Waals surface area (Å²) < 4.78 is 38.3. The van der Waals surface area contributed by atoms with Crippen LogP contribution >= 0.6 is 23.4 Å². The number of benzene rings is 1. The van der Waals surface area contributed by atoms with Crippen LogP contribution in [0.3, 0.4) is 0 Å². The fraction of sp³-hybridized carbons (Fsp3) is 0.231. The SMILES string of the molecule is CNc1nc(SCc2ccccc2Cl)cc(C(F)(F)F)n1. The summed E-state index contributed by atoms with van der Waals surface area (Å²) in [4.78, 5) is 7.42. The number of alkyl halides is 3. The maximum Gasteiger partial charge on any atom is 0.433 e. The molecule has 0 saturated carbocycles. The zero-order valence-corrected chi connectivity index (χ0v) is 12.5. The van der Waals surface area contributed by atoms with Crippen LogP contribution in [0.25, 0.3) is 0 Å². The summed E-state index contributed by atoms with van der Waals surface area (Å²) >= 11 is 7.19. The number of hydrogen-bond acceptors (Lipinski definition) is 4. The van der Waals surface area contributed by atoms with E-state index in [4.69, 9.17) is 11.6 Å². The highest BCUT2D eigenvalue weighted by atomic mass is 35.5. The van der Waals surface area contributed by atoms with Gasteiger partial charge in [0.2, 0.25) is 5.95 Å². The van der Waals surface area contributed by atoms with E-state index in [2.05, 4.69) is 15.3 Å². The number of thioether (sulfide) groups is 1. The fourth-order valence-electron chi connectivity index (χ4n) is 1.52. The van der Waals surface area contributed by atoms with Gasteiger partial charge in [-0.3, -0.25) is 0 Å². The Morgan fingerprint density at radius 3 is 2.57 bits per heavy atom. The van der Waals surface area contributed by atoms with Gasteiger partial charge in [-0.05, 0) is 11.6 Å². The highest BCUT2D eigenvalue weighted by molar-refractivity contribution is 7.98. The lowest BCUT2D eigenvalue weighted by atomic mass is 10.2. The minimum absolute atomic E-state index is 0.0634. The van der Waals surface area contributed by atoms with Crippen LogP contribution in [0.1, 0.15) is 11.3 Å². The lowest BCUT2D eigenvalue weighted by Gasteiger charge is -2.10. The zero-order valence-electron chi connectivity index (χ0n) is 10.9. The van der Waals surface area contributed by atoms with Crippen LogP contribution in [-0.2, 0) is 11.9 Å². The molecule has 0 saturated heterocycles. The first kappa shape index (κ1) is 15.9. The maximum atomic E-state index is 12.8. The fourth-order valence-corrected chi connectivity index (χ4v) is 2.71. The Labute approximate surface area is 128 Å². The molecule has 1 aromatic carbocycles. The van der Waals surface area contributed by atoms with Crippen molar-refractivity contribution in [2.75, 3.05) is 12.4 Å². The Bertz CT molecular complexity index is 634. The van der Waals surface area contributed by atoms with Crippen LogP contribution in [0.15, 0.2) is 35.4 Å². The molecule has 3 nitrogen and oxygen atoms in total. The largest absolute Gasteiger partial charge is 0.433 e. The number of aromatic nitrogens is 2. The highest BCUT2D eigenvalue weighted by Gasteiger charge is 2.33. The minimum atomic E-state index is -4.51. The second kappa shape index (κ2) is 6.53. The molecule has 0 bridgehead atoms. The maximum absolute atomic E-state index is 12.8. The molecule has 1 N–H and O–H groups in total. The lowest BCUT2D eigenvalue weighted by Crippen LogP contribution is -2.11. The van der Waals surface area contributed by atoms with E-state index in [1.54, 1.807) is 12.1 Å². The Balaban J connectivity index is 2.22. The monoisotopic (exact) mass is 333 g/mol. The van der Waals surface area contributed by atoms with Gasteiger partial charge < -0.3 is 5.32 Å². The number of hydrogen-bond donors (Lipinski definition) is 1. The van der Waals surface area contributed by atoms with Crippen molar-refractivity contribution in [3.8, 4) is 0 Å². The second-order valence-electron chi connectivity index (χ2n) is 4.04. The summed E-state index contributed by atoms with van der Waals surface area (Å²) in [5.41, 5.74) is -0.133. The third kappa shape index (κ3) is 4.25. The van der Waals surface area contributed by atoms with E-state index in [1.165, 1.54) is 18.8 Å². The normalized spacial score (nSPS) is 11.5. The van der Waals surface area contributed by atoms with E-state index >= 15 is 0 Å². The van der Waals surface area contributed by atoms with E-state index in [0.717, 1.165) is 11.6 Å². The van der Waals surface area contributed by atoms with Crippen molar-refractivity contribution in [2.24, 2.45) is 0 Å². The Kier molecular flexibility index (Phi) is 4.95. The van der Waals surface area contributed by atoms with Gasteiger partial charge in [0.1, 0.15) is 5.03 Å². The number of halogens is 4. The summed E-state index contributed by atoms with van der Waals surface area (Å²) in [5.74, 6) is 0.364. The molecule has 0 aliphatic carbocycles. The summed E-state index contributed by atoms with van der Waals surface area (Å²) in [7, 11) is 1.47. The van der Waals surface area contributed by atoms with E-state index in [0.29, 0.717) is 10.8 Å². The summed E-state index contributed by atoms with van der Waals surface area (Å²) in [6.45, 7) is 0. The van der Waals surface area contributed by atoms with Crippen LogP contribution < -0.4 is 5.32 Å². The molecule has 0 fully saturated rings. The van der Waals surface area contributed by atoms with Crippen LogP contribution in [0.4, 0.5) is 19.1 Å². The van der Waals surface area contributed by atoms with E-state index in [9.17, 15) is 13.2 Å². The average molecular weight is 334 g/mol. The van der Waals surface area contributed by atoms with Crippen LogP contribution in [0.2, 0.25) is 5.02 Å². The molecule has 0 spiro atoms. The third-order valence-corrected chi connectivity index (χ3v) is 3.88. The van der Waals surface area contributed by atoms with E-state index in [1.807, 2.05) is 12.1 Å². The molecule has 0 aliphatic rings. The molecule has 2 aromatic rings. The van der Waals surface area contributed by atoms with Gasteiger partial charge in [-0.1, -0.05) is 29.8 Å². The summed E-state index contributed by atoms with van der Waals surface area (Å²) in [6.07, 6.45) is -4.51. The van der Waals surface area contributed by atoms with Crippen molar-refractivity contribution >= 4 is 29.3 Å². The van der Waals surface area contributed by atoms with Gasteiger partial charge in [0.25, 0.3) is 0 Å². The standard InChI is InChI=1S/C13H11ClF3N3S/c1-18-12-19-10(13(15,16)17)6-11(20-12)21-7-8-4-2-3-5-9(8)14/h2-6H,7H2,1H3,(H,18,19,20). The number of nitrogens with one attached hydrogen (secondary N) is 1. The molecule has 2 rings (SSSR count). The first-order valence-corrected chi connectivity index (χ1v) is 7.26. The predicted octanol–water partition coefficient (Wildman–Crippen LogP) is 4.48. The minimum Gasteiger partial charge on any atom is -0.357 e. The lowest BCUT2D eigenvalue weighted by molar-refractivity contribution is -0.141. The van der Waals surface area contributed by atoms with Crippen molar-refractivity contribution in [2.45, 2.75) is 17.0 Å².